The number of hydrogen-bond donors (Lipinski definition) is 3. The van der Waals surface area contributed by atoms with Gasteiger partial charge in [-0.05, 0) is 17.5 Å². The molecule has 0 aliphatic rings. The van der Waals surface area contributed by atoms with E-state index in [0.29, 0.717) is 12.2 Å². The van der Waals surface area contributed by atoms with E-state index in [-0.39, 0.29) is 13.0 Å². The second kappa shape index (κ2) is 6.60. The van der Waals surface area contributed by atoms with Crippen molar-refractivity contribution in [3.05, 3.63) is 35.4 Å². The summed E-state index contributed by atoms with van der Waals surface area (Å²) in [5.74, 6) is 0. The molecule has 0 spiro atoms. The summed E-state index contributed by atoms with van der Waals surface area (Å²) >= 11 is 0. The topological polar surface area (TPSA) is 69.9 Å². The Morgan fingerprint density at radius 2 is 1.81 bits per heavy atom. The highest BCUT2D eigenvalue weighted by molar-refractivity contribution is 5.24. The van der Waals surface area contributed by atoms with Gasteiger partial charge in [-0.3, -0.25) is 0 Å². The smallest absolute Gasteiger partial charge is 0.105 e. The Bertz CT molecular complexity index is 296. The van der Waals surface area contributed by atoms with Crippen molar-refractivity contribution in [2.24, 2.45) is 0 Å². The summed E-state index contributed by atoms with van der Waals surface area (Å²) in [6, 6.07) is 7.18. The summed E-state index contributed by atoms with van der Waals surface area (Å²) in [5, 5.41) is 27.9. The maximum Gasteiger partial charge on any atom is 0.105 e. The first-order valence-corrected chi connectivity index (χ1v) is 5.23. The molecule has 0 radical (unpaired) electrons. The standard InChI is InChI=1S/C12H18O4/c1-16-8-9-2-4-10(5-3-9)12(15)11(14)6-7-13/h2-5,11-15H,6-8H2,1H3. The zero-order chi connectivity index (χ0) is 12.0. The Morgan fingerprint density at radius 3 is 2.31 bits per heavy atom. The lowest BCUT2D eigenvalue weighted by atomic mass is 10.0. The molecule has 0 fully saturated rings. The number of ether oxygens (including phenoxy) is 1. The van der Waals surface area contributed by atoms with Gasteiger partial charge in [-0.1, -0.05) is 24.3 Å². The van der Waals surface area contributed by atoms with Gasteiger partial charge < -0.3 is 20.1 Å². The summed E-state index contributed by atoms with van der Waals surface area (Å²) in [4.78, 5) is 0. The molecule has 0 bridgehead atoms. The molecule has 0 amide bonds. The van der Waals surface area contributed by atoms with E-state index in [4.69, 9.17) is 9.84 Å². The predicted molar refractivity (Wildman–Crippen MR) is 59.8 cm³/mol. The lowest BCUT2D eigenvalue weighted by Gasteiger charge is -2.17. The normalized spacial score (nSPS) is 14.8. The van der Waals surface area contributed by atoms with Crippen molar-refractivity contribution in [3.8, 4) is 0 Å². The average Bonchev–Trinajstić information content (AvgIpc) is 2.30. The molecule has 1 aromatic rings. The largest absolute Gasteiger partial charge is 0.396 e. The lowest BCUT2D eigenvalue weighted by Crippen LogP contribution is -2.19. The van der Waals surface area contributed by atoms with E-state index < -0.39 is 12.2 Å². The summed E-state index contributed by atoms with van der Waals surface area (Å²) in [7, 11) is 1.62. The van der Waals surface area contributed by atoms with Crippen molar-refractivity contribution in [3.63, 3.8) is 0 Å². The highest BCUT2D eigenvalue weighted by Crippen LogP contribution is 2.19. The van der Waals surface area contributed by atoms with Crippen molar-refractivity contribution in [2.45, 2.75) is 25.2 Å². The Balaban J connectivity index is 2.65. The van der Waals surface area contributed by atoms with Gasteiger partial charge in [0.1, 0.15) is 6.10 Å². The summed E-state index contributed by atoms with van der Waals surface area (Å²) < 4.78 is 4.97. The van der Waals surface area contributed by atoms with E-state index >= 15 is 0 Å². The van der Waals surface area contributed by atoms with Crippen LogP contribution in [0.3, 0.4) is 0 Å². The Morgan fingerprint density at radius 1 is 1.19 bits per heavy atom. The van der Waals surface area contributed by atoms with Crippen LogP contribution in [0.1, 0.15) is 23.7 Å². The minimum Gasteiger partial charge on any atom is -0.396 e. The van der Waals surface area contributed by atoms with Crippen molar-refractivity contribution in [1.82, 2.24) is 0 Å². The van der Waals surface area contributed by atoms with Gasteiger partial charge in [0.2, 0.25) is 0 Å². The molecule has 1 rings (SSSR count). The molecule has 1 aromatic carbocycles. The molecule has 16 heavy (non-hydrogen) atoms. The van der Waals surface area contributed by atoms with Crippen molar-refractivity contribution < 1.29 is 20.1 Å². The van der Waals surface area contributed by atoms with Gasteiger partial charge in [0.25, 0.3) is 0 Å². The van der Waals surface area contributed by atoms with Crippen LogP contribution >= 0.6 is 0 Å². The van der Waals surface area contributed by atoms with E-state index in [0.717, 1.165) is 5.56 Å². The molecule has 0 aliphatic carbocycles. The third-order valence-electron chi connectivity index (χ3n) is 2.42. The van der Waals surface area contributed by atoms with Gasteiger partial charge in [-0.2, -0.15) is 0 Å². The number of aliphatic hydroxyl groups excluding tert-OH is 3. The van der Waals surface area contributed by atoms with Crippen LogP contribution in [0.4, 0.5) is 0 Å². The van der Waals surface area contributed by atoms with Crippen LogP contribution in [0.2, 0.25) is 0 Å². The number of aliphatic hydroxyl groups is 3. The molecule has 2 atom stereocenters. The summed E-state index contributed by atoms with van der Waals surface area (Å²) in [6.45, 7) is 0.384. The molecule has 90 valence electrons. The number of hydrogen-bond acceptors (Lipinski definition) is 4. The molecule has 0 aliphatic heterocycles. The van der Waals surface area contributed by atoms with Gasteiger partial charge in [-0.25, -0.2) is 0 Å². The number of benzene rings is 1. The molecule has 0 aromatic heterocycles. The molecular formula is C12H18O4. The van der Waals surface area contributed by atoms with E-state index in [1.807, 2.05) is 12.1 Å². The molecular weight excluding hydrogens is 208 g/mol. The minimum atomic E-state index is -0.955. The highest BCUT2D eigenvalue weighted by Gasteiger charge is 2.17. The van der Waals surface area contributed by atoms with Crippen LogP contribution in [0.5, 0.6) is 0 Å². The van der Waals surface area contributed by atoms with Crippen LogP contribution in [0.15, 0.2) is 24.3 Å². The molecule has 4 heteroatoms. The Hall–Kier alpha value is -0.940. The third-order valence-corrected chi connectivity index (χ3v) is 2.42. The predicted octanol–water partition coefficient (Wildman–Crippen LogP) is 0.610. The number of methoxy groups -OCH3 is 1. The van der Waals surface area contributed by atoms with E-state index in [9.17, 15) is 10.2 Å². The van der Waals surface area contributed by atoms with E-state index in [1.54, 1.807) is 19.2 Å². The first kappa shape index (κ1) is 13.1. The Kier molecular flexibility index (Phi) is 5.42. The average molecular weight is 226 g/mol. The zero-order valence-electron chi connectivity index (χ0n) is 9.34. The zero-order valence-corrected chi connectivity index (χ0v) is 9.34. The third kappa shape index (κ3) is 3.57. The fourth-order valence-corrected chi connectivity index (χ4v) is 1.49. The molecule has 0 saturated carbocycles. The maximum absolute atomic E-state index is 9.75. The maximum atomic E-state index is 9.75. The fraction of sp³-hybridized carbons (Fsp3) is 0.500. The quantitative estimate of drug-likeness (QED) is 0.664. The fourth-order valence-electron chi connectivity index (χ4n) is 1.49. The molecule has 4 nitrogen and oxygen atoms in total. The lowest BCUT2D eigenvalue weighted by molar-refractivity contribution is 0.00420. The molecule has 3 N–H and O–H groups in total. The van der Waals surface area contributed by atoms with Gasteiger partial charge >= 0.3 is 0 Å². The Labute approximate surface area is 95.1 Å². The second-order valence-corrected chi connectivity index (χ2v) is 3.70. The molecule has 0 heterocycles. The van der Waals surface area contributed by atoms with Crippen molar-refractivity contribution >= 4 is 0 Å². The van der Waals surface area contributed by atoms with Crippen LogP contribution in [0, 0.1) is 0 Å². The van der Waals surface area contributed by atoms with E-state index in [1.165, 1.54) is 0 Å². The molecule has 0 saturated heterocycles. The summed E-state index contributed by atoms with van der Waals surface area (Å²) in [6.07, 6.45) is -1.72. The van der Waals surface area contributed by atoms with Crippen LogP contribution in [0.25, 0.3) is 0 Å². The summed E-state index contributed by atoms with van der Waals surface area (Å²) in [5.41, 5.74) is 1.65. The first-order chi connectivity index (χ1) is 7.69. The van der Waals surface area contributed by atoms with Gasteiger partial charge in [0.15, 0.2) is 0 Å². The van der Waals surface area contributed by atoms with Gasteiger partial charge in [-0.15, -0.1) is 0 Å². The molecule has 2 unspecified atom stereocenters. The van der Waals surface area contributed by atoms with Gasteiger partial charge in [0, 0.05) is 13.7 Å². The van der Waals surface area contributed by atoms with Crippen LogP contribution < -0.4 is 0 Å². The highest BCUT2D eigenvalue weighted by atomic mass is 16.5. The van der Waals surface area contributed by atoms with Gasteiger partial charge in [0.05, 0.1) is 12.7 Å². The van der Waals surface area contributed by atoms with Crippen LogP contribution in [-0.4, -0.2) is 35.1 Å². The van der Waals surface area contributed by atoms with Crippen molar-refractivity contribution in [1.29, 1.82) is 0 Å². The monoisotopic (exact) mass is 226 g/mol. The minimum absolute atomic E-state index is 0.139. The van der Waals surface area contributed by atoms with Crippen LogP contribution in [-0.2, 0) is 11.3 Å². The second-order valence-electron chi connectivity index (χ2n) is 3.70. The SMILES string of the molecule is COCc1ccc(C(O)C(O)CCO)cc1. The van der Waals surface area contributed by atoms with Crippen molar-refractivity contribution in [2.75, 3.05) is 13.7 Å². The van der Waals surface area contributed by atoms with E-state index in [2.05, 4.69) is 0 Å². The first-order valence-electron chi connectivity index (χ1n) is 5.23. The number of rotatable bonds is 6.